The van der Waals surface area contributed by atoms with Crippen LogP contribution in [-0.2, 0) is 4.79 Å². The summed E-state index contributed by atoms with van der Waals surface area (Å²) in [5.41, 5.74) is 1.36. The van der Waals surface area contributed by atoms with Gasteiger partial charge in [0.15, 0.2) is 0 Å². The Morgan fingerprint density at radius 2 is 2.14 bits per heavy atom. The number of carbonyl (C=O) groups is 1. The number of halogens is 1. The number of nitrogens with zero attached hydrogens (tertiary/aromatic N) is 4. The van der Waals surface area contributed by atoms with Crippen molar-refractivity contribution in [1.29, 1.82) is 0 Å². The van der Waals surface area contributed by atoms with Gasteiger partial charge in [0, 0.05) is 36.5 Å². The zero-order valence-corrected chi connectivity index (χ0v) is 21.4. The Balaban J connectivity index is 1.31. The molecule has 0 amide bonds. The molecular weight excluding hydrogens is 479 g/mol. The van der Waals surface area contributed by atoms with Crippen molar-refractivity contribution in [2.24, 2.45) is 11.8 Å². The van der Waals surface area contributed by atoms with Crippen molar-refractivity contribution in [2.75, 3.05) is 32.5 Å². The van der Waals surface area contributed by atoms with Gasteiger partial charge < -0.3 is 14.7 Å². The summed E-state index contributed by atoms with van der Waals surface area (Å²) in [5.74, 6) is 1.08. The molecule has 0 radical (unpaired) electrons. The van der Waals surface area contributed by atoms with Gasteiger partial charge in [0.25, 0.3) is 0 Å². The Morgan fingerprint density at radius 3 is 2.92 bits per heavy atom. The Morgan fingerprint density at radius 1 is 1.25 bits per heavy atom. The van der Waals surface area contributed by atoms with Crippen LogP contribution in [0.4, 0.5) is 4.39 Å². The number of piperidine rings is 1. The molecule has 0 bridgehead atoms. The van der Waals surface area contributed by atoms with Gasteiger partial charge >= 0.3 is 5.97 Å². The van der Waals surface area contributed by atoms with E-state index < -0.39 is 12.1 Å². The van der Waals surface area contributed by atoms with Crippen LogP contribution in [0.1, 0.15) is 43.8 Å². The van der Waals surface area contributed by atoms with Gasteiger partial charge in [-0.15, -0.1) is 11.8 Å². The fourth-order valence-corrected chi connectivity index (χ4v) is 5.85. The molecule has 1 fully saturated rings. The van der Waals surface area contributed by atoms with Crippen molar-refractivity contribution < 1.29 is 19.0 Å². The van der Waals surface area contributed by atoms with Gasteiger partial charge in [-0.1, -0.05) is 0 Å². The van der Waals surface area contributed by atoms with Crippen molar-refractivity contribution in [1.82, 2.24) is 19.9 Å². The minimum Gasteiger partial charge on any atom is -0.497 e. The molecule has 0 aliphatic carbocycles. The Kier molecular flexibility index (Phi) is 9.47. The number of aliphatic carboxylic acids is 1. The lowest BCUT2D eigenvalue weighted by Crippen LogP contribution is -2.42. The lowest BCUT2D eigenvalue weighted by molar-refractivity contribution is -0.139. The molecule has 1 N–H and O–H groups in total. The smallest absolute Gasteiger partial charge is 0.303 e. The second kappa shape index (κ2) is 13.0. The van der Waals surface area contributed by atoms with E-state index in [4.69, 9.17) is 4.74 Å². The van der Waals surface area contributed by atoms with Crippen LogP contribution >= 0.6 is 11.8 Å². The van der Waals surface area contributed by atoms with Crippen molar-refractivity contribution in [2.45, 2.75) is 43.3 Å². The molecule has 1 aromatic carbocycles. The number of thioether (sulfide) groups is 1. The quantitative estimate of drug-likeness (QED) is 0.196. The molecule has 1 saturated heterocycles. The Bertz CT molecular complexity index is 1140. The molecule has 9 heteroatoms. The number of benzene rings is 1. The molecule has 192 valence electrons. The number of carboxylic acids is 1. The first-order valence-electron chi connectivity index (χ1n) is 12.4. The van der Waals surface area contributed by atoms with Crippen LogP contribution in [0.25, 0.3) is 10.9 Å². The van der Waals surface area contributed by atoms with E-state index >= 15 is 4.39 Å². The molecule has 3 heterocycles. The SMILES string of the molecule is COc1ccc2nccc([C@@H](F)CC[C@@H]3CCN(CCCSc4ccncn4)C[C@@H]3CC(=O)O)c2c1. The zero-order chi connectivity index (χ0) is 25.3. The van der Waals surface area contributed by atoms with Crippen LogP contribution in [-0.4, -0.2) is 63.4 Å². The maximum Gasteiger partial charge on any atom is 0.303 e. The third-order valence-electron chi connectivity index (χ3n) is 6.95. The number of methoxy groups -OCH3 is 1. The summed E-state index contributed by atoms with van der Waals surface area (Å²) in [6.45, 7) is 2.60. The summed E-state index contributed by atoms with van der Waals surface area (Å²) in [6.07, 6.45) is 6.88. The second-order valence-corrected chi connectivity index (χ2v) is 10.4. The lowest BCUT2D eigenvalue weighted by Gasteiger charge is -2.38. The van der Waals surface area contributed by atoms with E-state index in [0.29, 0.717) is 24.2 Å². The van der Waals surface area contributed by atoms with Gasteiger partial charge in [-0.3, -0.25) is 9.78 Å². The molecule has 1 aliphatic rings. The summed E-state index contributed by atoms with van der Waals surface area (Å²) in [6, 6.07) is 9.14. The molecular formula is C27H33FN4O3S. The minimum absolute atomic E-state index is 0.0345. The molecule has 1 aliphatic heterocycles. The number of likely N-dealkylation sites (tertiary alicyclic amines) is 1. The van der Waals surface area contributed by atoms with E-state index in [9.17, 15) is 9.90 Å². The van der Waals surface area contributed by atoms with Gasteiger partial charge in [0.2, 0.25) is 0 Å². The average molecular weight is 513 g/mol. The number of aromatic nitrogens is 3. The first-order chi connectivity index (χ1) is 17.5. The highest BCUT2D eigenvalue weighted by Gasteiger charge is 2.31. The van der Waals surface area contributed by atoms with Crippen LogP contribution < -0.4 is 4.74 Å². The van der Waals surface area contributed by atoms with Gasteiger partial charge in [0.05, 0.1) is 17.7 Å². The number of carboxylic acid groups (broad SMARTS) is 1. The maximum atomic E-state index is 15.5. The van der Waals surface area contributed by atoms with Crippen LogP contribution in [0.3, 0.4) is 0 Å². The molecule has 0 spiro atoms. The third-order valence-corrected chi connectivity index (χ3v) is 7.98. The summed E-state index contributed by atoms with van der Waals surface area (Å²) >= 11 is 1.71. The molecule has 3 atom stereocenters. The Hall–Kier alpha value is -2.78. The number of hydrogen-bond acceptors (Lipinski definition) is 7. The van der Waals surface area contributed by atoms with E-state index in [2.05, 4.69) is 19.9 Å². The van der Waals surface area contributed by atoms with Crippen LogP contribution in [0.2, 0.25) is 0 Å². The molecule has 0 unspecified atom stereocenters. The molecule has 3 aromatic rings. The maximum absolute atomic E-state index is 15.5. The number of pyridine rings is 1. The summed E-state index contributed by atoms with van der Waals surface area (Å²) in [5, 5.41) is 11.2. The summed E-state index contributed by atoms with van der Waals surface area (Å²) < 4.78 is 20.8. The first-order valence-corrected chi connectivity index (χ1v) is 13.4. The van der Waals surface area contributed by atoms with E-state index in [1.165, 1.54) is 0 Å². The van der Waals surface area contributed by atoms with Crippen molar-refractivity contribution in [3.05, 3.63) is 54.6 Å². The number of alkyl halides is 1. The third kappa shape index (κ3) is 7.13. The van der Waals surface area contributed by atoms with Crippen LogP contribution in [0.5, 0.6) is 5.75 Å². The fourth-order valence-electron chi connectivity index (χ4n) is 5.09. The number of fused-ring (bicyclic) bond motifs is 1. The predicted molar refractivity (Wildman–Crippen MR) is 139 cm³/mol. The highest BCUT2D eigenvalue weighted by atomic mass is 32.2. The highest BCUT2D eigenvalue weighted by molar-refractivity contribution is 7.99. The van der Waals surface area contributed by atoms with Gasteiger partial charge in [0.1, 0.15) is 18.2 Å². The van der Waals surface area contributed by atoms with Crippen molar-refractivity contribution >= 4 is 28.6 Å². The number of rotatable bonds is 12. The largest absolute Gasteiger partial charge is 0.497 e. The average Bonchev–Trinajstić information content (AvgIpc) is 2.90. The van der Waals surface area contributed by atoms with Crippen LogP contribution in [0, 0.1) is 11.8 Å². The van der Waals surface area contributed by atoms with E-state index in [0.717, 1.165) is 54.2 Å². The van der Waals surface area contributed by atoms with Crippen molar-refractivity contribution in [3.63, 3.8) is 0 Å². The summed E-state index contributed by atoms with van der Waals surface area (Å²) in [7, 11) is 1.59. The van der Waals surface area contributed by atoms with E-state index in [1.807, 2.05) is 24.3 Å². The first kappa shape index (κ1) is 26.3. The molecule has 7 nitrogen and oxygen atoms in total. The minimum atomic E-state index is -1.13. The van der Waals surface area contributed by atoms with Gasteiger partial charge in [-0.05, 0) is 86.5 Å². The molecule has 0 saturated carbocycles. The summed E-state index contributed by atoms with van der Waals surface area (Å²) in [4.78, 5) is 26.5. The zero-order valence-electron chi connectivity index (χ0n) is 20.6. The number of ether oxygens (including phenoxy) is 1. The van der Waals surface area contributed by atoms with Crippen LogP contribution in [0.15, 0.2) is 54.1 Å². The lowest BCUT2D eigenvalue weighted by atomic mass is 9.79. The normalized spacial score (nSPS) is 19.3. The van der Waals surface area contributed by atoms with Crippen molar-refractivity contribution in [3.8, 4) is 5.75 Å². The monoisotopic (exact) mass is 512 g/mol. The number of hydrogen-bond donors (Lipinski definition) is 1. The topological polar surface area (TPSA) is 88.4 Å². The van der Waals surface area contributed by atoms with Gasteiger partial charge in [-0.25, -0.2) is 14.4 Å². The Labute approximate surface area is 215 Å². The fraction of sp³-hybridized carbons (Fsp3) is 0.481. The molecule has 4 rings (SSSR count). The highest BCUT2D eigenvalue weighted by Crippen LogP contribution is 2.36. The second-order valence-electron chi connectivity index (χ2n) is 9.29. The standard InChI is InChI=1S/C27H33FN4O3S/c1-35-21-4-6-25-23(16-21)22(7-11-30-25)24(28)5-3-19-9-13-32(17-20(19)15-27(33)34)12-2-14-36-26-8-10-29-18-31-26/h4,6-8,10-11,16,18-20,24H,2-3,5,9,12-15,17H2,1H3,(H,33,34)/t19-,20+,24+/m1/s1. The van der Waals surface area contributed by atoms with E-state index in [-0.39, 0.29) is 18.3 Å². The predicted octanol–water partition coefficient (Wildman–Crippen LogP) is 5.42. The van der Waals surface area contributed by atoms with Gasteiger partial charge in [-0.2, -0.15) is 0 Å². The molecule has 36 heavy (non-hydrogen) atoms. The van der Waals surface area contributed by atoms with E-state index in [1.54, 1.807) is 43.7 Å². The molecule has 2 aromatic heterocycles.